The Morgan fingerprint density at radius 1 is 1.44 bits per heavy atom. The maximum absolute atomic E-state index is 3.17. The Morgan fingerprint density at radius 3 is 3.33 bits per heavy atom. The van der Waals surface area contributed by atoms with Crippen molar-refractivity contribution in [3.8, 4) is 0 Å². The van der Waals surface area contributed by atoms with Gasteiger partial charge in [0.25, 0.3) is 0 Å². The van der Waals surface area contributed by atoms with E-state index < -0.39 is 0 Å². The van der Waals surface area contributed by atoms with Crippen LogP contribution in [0.4, 0.5) is 0 Å². The Hall–Kier alpha value is -0.760. The van der Waals surface area contributed by atoms with Crippen LogP contribution in [-0.4, -0.2) is 17.6 Å². The predicted octanol–water partition coefficient (Wildman–Crippen LogP) is 0.649. The van der Waals surface area contributed by atoms with E-state index in [0.717, 1.165) is 13.0 Å². The summed E-state index contributed by atoms with van der Waals surface area (Å²) in [6.45, 7) is 1.05. The fraction of sp³-hybridized carbons (Fsp3) is 0.429. The van der Waals surface area contributed by atoms with Crippen LogP contribution in [-0.2, 0) is 0 Å². The maximum atomic E-state index is 3.17. The summed E-state index contributed by atoms with van der Waals surface area (Å²) in [7, 11) is 0. The van der Waals surface area contributed by atoms with Crippen molar-refractivity contribution in [2.24, 2.45) is 0 Å². The predicted molar refractivity (Wildman–Crippen MR) is 36.5 cm³/mol. The first-order valence-electron chi connectivity index (χ1n) is 3.31. The van der Waals surface area contributed by atoms with Gasteiger partial charge in [0.2, 0.25) is 0 Å². The standard InChI is InChI=1S/C7H10N2/c1-3-7-4-2-6-9(7)8-5-1/h1-2,4-5,7-8H,3,6H2. The molecule has 1 N–H and O–H groups in total. The van der Waals surface area contributed by atoms with Crippen LogP contribution in [0.2, 0.25) is 0 Å². The van der Waals surface area contributed by atoms with E-state index in [4.69, 9.17) is 0 Å². The molecule has 0 saturated carbocycles. The van der Waals surface area contributed by atoms with E-state index in [1.807, 2.05) is 6.20 Å². The molecule has 0 amide bonds. The van der Waals surface area contributed by atoms with Gasteiger partial charge in [0, 0.05) is 12.7 Å². The van der Waals surface area contributed by atoms with Gasteiger partial charge in [-0.1, -0.05) is 18.2 Å². The quantitative estimate of drug-likeness (QED) is 0.474. The molecule has 0 aromatic rings. The SMILES string of the molecule is C1=CNN2CC=CC2C1. The number of hydrogen-bond acceptors (Lipinski definition) is 2. The van der Waals surface area contributed by atoms with Gasteiger partial charge in [0.05, 0.1) is 6.04 Å². The van der Waals surface area contributed by atoms with E-state index in [-0.39, 0.29) is 0 Å². The molecule has 2 heteroatoms. The second-order valence-electron chi connectivity index (χ2n) is 2.42. The van der Waals surface area contributed by atoms with E-state index >= 15 is 0 Å². The third-order valence-corrected chi connectivity index (χ3v) is 1.80. The Kier molecular flexibility index (Phi) is 1.06. The monoisotopic (exact) mass is 122 g/mol. The van der Waals surface area contributed by atoms with Crippen molar-refractivity contribution >= 4 is 0 Å². The molecule has 0 aliphatic carbocycles. The van der Waals surface area contributed by atoms with Crippen molar-refractivity contribution < 1.29 is 0 Å². The summed E-state index contributed by atoms with van der Waals surface area (Å²) in [5, 5.41) is 2.22. The molecule has 0 aromatic carbocycles. The number of rotatable bonds is 0. The Balaban J connectivity index is 2.13. The molecule has 2 aliphatic heterocycles. The van der Waals surface area contributed by atoms with E-state index in [9.17, 15) is 0 Å². The van der Waals surface area contributed by atoms with Crippen LogP contribution in [0, 0.1) is 0 Å². The van der Waals surface area contributed by atoms with Gasteiger partial charge in [0.1, 0.15) is 0 Å². The minimum absolute atomic E-state index is 0.620. The molecule has 0 radical (unpaired) electrons. The van der Waals surface area contributed by atoms with E-state index in [2.05, 4.69) is 28.7 Å². The van der Waals surface area contributed by atoms with Crippen LogP contribution >= 0.6 is 0 Å². The van der Waals surface area contributed by atoms with E-state index in [0.29, 0.717) is 6.04 Å². The highest BCUT2D eigenvalue weighted by molar-refractivity contribution is 5.08. The molecule has 2 nitrogen and oxygen atoms in total. The first-order chi connectivity index (χ1) is 4.47. The minimum Gasteiger partial charge on any atom is -0.326 e. The van der Waals surface area contributed by atoms with Gasteiger partial charge in [-0.05, 0) is 6.42 Å². The molecular weight excluding hydrogens is 112 g/mol. The smallest absolute Gasteiger partial charge is 0.0510 e. The molecule has 0 spiro atoms. The molecule has 1 atom stereocenters. The van der Waals surface area contributed by atoms with Gasteiger partial charge in [-0.3, -0.25) is 0 Å². The molecular formula is C7H10N2. The summed E-state index contributed by atoms with van der Waals surface area (Å²) in [5.41, 5.74) is 3.17. The fourth-order valence-corrected chi connectivity index (χ4v) is 1.28. The van der Waals surface area contributed by atoms with Crippen molar-refractivity contribution in [3.63, 3.8) is 0 Å². The molecule has 0 aromatic heterocycles. The fourth-order valence-electron chi connectivity index (χ4n) is 1.28. The highest BCUT2D eigenvalue weighted by Gasteiger charge is 2.18. The summed E-state index contributed by atoms with van der Waals surface area (Å²) < 4.78 is 0. The Bertz CT molecular complexity index is 160. The van der Waals surface area contributed by atoms with Crippen LogP contribution in [0.3, 0.4) is 0 Å². The average Bonchev–Trinajstić information content (AvgIpc) is 2.33. The molecule has 1 unspecified atom stereocenters. The second kappa shape index (κ2) is 1.88. The molecule has 2 rings (SSSR count). The first kappa shape index (κ1) is 5.06. The van der Waals surface area contributed by atoms with E-state index in [1.165, 1.54) is 0 Å². The summed E-state index contributed by atoms with van der Waals surface area (Å²) in [6, 6.07) is 0.620. The normalized spacial score (nSPS) is 32.2. The van der Waals surface area contributed by atoms with Crippen molar-refractivity contribution in [2.75, 3.05) is 6.54 Å². The maximum Gasteiger partial charge on any atom is 0.0510 e. The number of nitrogens with zero attached hydrogens (tertiary/aromatic N) is 1. The molecule has 48 valence electrons. The van der Waals surface area contributed by atoms with Gasteiger partial charge in [-0.15, -0.1) is 0 Å². The number of nitrogens with one attached hydrogen (secondary N) is 1. The Labute approximate surface area is 54.8 Å². The van der Waals surface area contributed by atoms with Crippen LogP contribution in [0.1, 0.15) is 6.42 Å². The lowest BCUT2D eigenvalue weighted by Gasteiger charge is -2.26. The lowest BCUT2D eigenvalue weighted by atomic mass is 10.2. The molecule has 2 heterocycles. The third-order valence-electron chi connectivity index (χ3n) is 1.80. The minimum atomic E-state index is 0.620. The molecule has 0 fully saturated rings. The zero-order valence-electron chi connectivity index (χ0n) is 5.25. The van der Waals surface area contributed by atoms with Gasteiger partial charge < -0.3 is 5.43 Å². The summed E-state index contributed by atoms with van der Waals surface area (Å²) in [6.07, 6.45) is 9.77. The van der Waals surface area contributed by atoms with Crippen LogP contribution in [0.25, 0.3) is 0 Å². The lowest BCUT2D eigenvalue weighted by Crippen LogP contribution is -2.40. The lowest BCUT2D eigenvalue weighted by molar-refractivity contribution is 0.207. The van der Waals surface area contributed by atoms with Gasteiger partial charge >= 0.3 is 0 Å². The van der Waals surface area contributed by atoms with Crippen molar-refractivity contribution in [1.82, 2.24) is 10.4 Å². The topological polar surface area (TPSA) is 15.3 Å². The Morgan fingerprint density at radius 2 is 2.44 bits per heavy atom. The molecule has 2 aliphatic rings. The second-order valence-corrected chi connectivity index (χ2v) is 2.42. The largest absolute Gasteiger partial charge is 0.326 e. The number of fused-ring (bicyclic) bond motifs is 1. The van der Waals surface area contributed by atoms with Gasteiger partial charge in [-0.25, -0.2) is 5.01 Å². The van der Waals surface area contributed by atoms with Gasteiger partial charge in [-0.2, -0.15) is 0 Å². The summed E-state index contributed by atoms with van der Waals surface area (Å²) in [5.74, 6) is 0. The van der Waals surface area contributed by atoms with Crippen LogP contribution < -0.4 is 5.43 Å². The molecule has 9 heavy (non-hydrogen) atoms. The number of hydrogen-bond donors (Lipinski definition) is 1. The summed E-state index contributed by atoms with van der Waals surface area (Å²) in [4.78, 5) is 0. The summed E-state index contributed by atoms with van der Waals surface area (Å²) >= 11 is 0. The van der Waals surface area contributed by atoms with Crippen LogP contribution in [0.15, 0.2) is 24.4 Å². The average molecular weight is 122 g/mol. The zero-order chi connectivity index (χ0) is 6.10. The van der Waals surface area contributed by atoms with E-state index in [1.54, 1.807) is 0 Å². The van der Waals surface area contributed by atoms with Gasteiger partial charge in [0.15, 0.2) is 0 Å². The number of hydrazine groups is 1. The zero-order valence-corrected chi connectivity index (χ0v) is 5.25. The van der Waals surface area contributed by atoms with Crippen molar-refractivity contribution in [2.45, 2.75) is 12.5 Å². The molecule has 0 bridgehead atoms. The van der Waals surface area contributed by atoms with Crippen molar-refractivity contribution in [3.05, 3.63) is 24.4 Å². The molecule has 0 saturated heterocycles. The van der Waals surface area contributed by atoms with Crippen molar-refractivity contribution in [1.29, 1.82) is 0 Å². The third kappa shape index (κ3) is 0.754. The van der Waals surface area contributed by atoms with Crippen LogP contribution in [0.5, 0.6) is 0 Å². The highest BCUT2D eigenvalue weighted by atomic mass is 15.5. The highest BCUT2D eigenvalue weighted by Crippen LogP contribution is 2.13. The first-order valence-corrected chi connectivity index (χ1v) is 3.31.